The van der Waals surface area contributed by atoms with E-state index in [1.165, 1.54) is 0 Å². The Labute approximate surface area is 107 Å². The molecule has 9 heteroatoms. The van der Waals surface area contributed by atoms with Gasteiger partial charge in [0.1, 0.15) is 6.54 Å². The summed E-state index contributed by atoms with van der Waals surface area (Å²) in [6.45, 7) is 3.50. The van der Waals surface area contributed by atoms with Gasteiger partial charge in [-0.05, 0) is 0 Å². The number of hydrogen-bond donors (Lipinski definition) is 1. The van der Waals surface area contributed by atoms with Crippen LogP contribution in [0.2, 0.25) is 0 Å². The average Bonchev–Trinajstić information content (AvgIpc) is 2.70. The fourth-order valence-electron chi connectivity index (χ4n) is 0.950. The van der Waals surface area contributed by atoms with Gasteiger partial charge in [0.05, 0.1) is 0 Å². The summed E-state index contributed by atoms with van der Waals surface area (Å²) in [4.78, 5) is 14.9. The predicted molar refractivity (Wildman–Crippen MR) is 57.6 cm³/mol. The fraction of sp³-hybridized carbons (Fsp3) is 0.700. The lowest BCUT2D eigenvalue weighted by molar-refractivity contribution is -0.139. The molecule has 0 aliphatic rings. The van der Waals surface area contributed by atoms with Gasteiger partial charge in [0.15, 0.2) is 12.4 Å². The molecule has 1 amide bonds. The van der Waals surface area contributed by atoms with E-state index in [0.29, 0.717) is 5.82 Å². The number of alkyl halides is 3. The summed E-state index contributed by atoms with van der Waals surface area (Å²) in [5.74, 6) is -0.550. The molecule has 1 heterocycles. The minimum Gasteiger partial charge on any atom is -0.439 e. The smallest absolute Gasteiger partial charge is 0.417 e. The number of amides is 1. The maximum absolute atomic E-state index is 11.8. The van der Waals surface area contributed by atoms with Crippen molar-refractivity contribution in [2.75, 3.05) is 13.2 Å². The first-order chi connectivity index (χ1) is 8.58. The van der Waals surface area contributed by atoms with E-state index >= 15 is 0 Å². The van der Waals surface area contributed by atoms with E-state index < -0.39 is 25.2 Å². The molecular weight excluding hydrogens is 267 g/mol. The Balaban J connectivity index is 2.41. The molecule has 108 valence electrons. The molecule has 0 radical (unpaired) electrons. The van der Waals surface area contributed by atoms with Gasteiger partial charge in [-0.25, -0.2) is 0 Å². The minimum atomic E-state index is -4.46. The van der Waals surface area contributed by atoms with Gasteiger partial charge >= 0.3 is 12.3 Å². The van der Waals surface area contributed by atoms with Crippen LogP contribution in [0.3, 0.4) is 0 Å². The van der Waals surface area contributed by atoms with Crippen LogP contribution < -0.4 is 10.1 Å². The third-order valence-corrected chi connectivity index (χ3v) is 1.89. The van der Waals surface area contributed by atoms with Crippen molar-refractivity contribution in [1.29, 1.82) is 0 Å². The molecule has 0 bridgehead atoms. The predicted octanol–water partition coefficient (Wildman–Crippen LogP) is 1.42. The highest BCUT2D eigenvalue weighted by atomic mass is 19.4. The lowest BCUT2D eigenvalue weighted by atomic mass is 9.96. The third kappa shape index (κ3) is 5.58. The monoisotopic (exact) mass is 281 g/mol. The van der Waals surface area contributed by atoms with E-state index in [0.717, 1.165) is 0 Å². The number of hydrogen-bond acceptors (Lipinski definition) is 5. The molecule has 1 N–H and O–H groups in total. The fourth-order valence-corrected chi connectivity index (χ4v) is 0.950. The number of ether oxygens (including phenoxy) is 1. The molecular formula is C10H14F3N3O3. The number of carbonyl (C=O) groups is 1. The summed E-state index contributed by atoms with van der Waals surface area (Å²) in [6, 6.07) is 0. The Morgan fingerprint density at radius 1 is 1.37 bits per heavy atom. The van der Waals surface area contributed by atoms with Crippen LogP contribution in [0.4, 0.5) is 13.2 Å². The normalized spacial score (nSPS) is 12.3. The lowest BCUT2D eigenvalue weighted by Crippen LogP contribution is -2.36. The zero-order valence-corrected chi connectivity index (χ0v) is 10.7. The van der Waals surface area contributed by atoms with E-state index in [1.807, 2.05) is 20.8 Å². The van der Waals surface area contributed by atoms with E-state index in [9.17, 15) is 18.0 Å². The van der Waals surface area contributed by atoms with Crippen molar-refractivity contribution in [3.05, 3.63) is 5.82 Å². The number of rotatable bonds is 4. The zero-order chi connectivity index (χ0) is 14.7. The van der Waals surface area contributed by atoms with Crippen LogP contribution in [0.15, 0.2) is 4.52 Å². The Morgan fingerprint density at radius 3 is 2.47 bits per heavy atom. The number of nitrogens with one attached hydrogen (secondary N) is 1. The largest absolute Gasteiger partial charge is 0.439 e. The van der Waals surface area contributed by atoms with E-state index in [2.05, 4.69) is 10.1 Å². The first-order valence-electron chi connectivity index (χ1n) is 5.38. The molecule has 0 saturated heterocycles. The molecule has 0 aliphatic carbocycles. The Hall–Kier alpha value is -1.80. The number of carbonyl (C=O) groups excluding carboxylic acids is 1. The van der Waals surface area contributed by atoms with Gasteiger partial charge in [-0.3, -0.25) is 9.32 Å². The second-order valence-corrected chi connectivity index (χ2v) is 4.81. The Morgan fingerprint density at radius 2 is 2.00 bits per heavy atom. The van der Waals surface area contributed by atoms with Gasteiger partial charge in [0, 0.05) is 5.41 Å². The molecule has 0 spiro atoms. The van der Waals surface area contributed by atoms with Gasteiger partial charge in [-0.15, -0.1) is 0 Å². The maximum atomic E-state index is 11.8. The Kier molecular flexibility index (Phi) is 4.38. The van der Waals surface area contributed by atoms with Gasteiger partial charge in [-0.1, -0.05) is 25.9 Å². The highest BCUT2D eigenvalue weighted by Crippen LogP contribution is 2.20. The molecule has 0 aliphatic heterocycles. The van der Waals surface area contributed by atoms with Gasteiger partial charge in [-0.2, -0.15) is 18.2 Å². The van der Waals surface area contributed by atoms with E-state index in [4.69, 9.17) is 9.26 Å². The zero-order valence-electron chi connectivity index (χ0n) is 10.7. The van der Waals surface area contributed by atoms with Gasteiger partial charge < -0.3 is 10.1 Å². The van der Waals surface area contributed by atoms with Crippen LogP contribution in [0.1, 0.15) is 26.6 Å². The van der Waals surface area contributed by atoms with Crippen LogP contribution in [0.25, 0.3) is 0 Å². The molecule has 0 unspecified atom stereocenters. The van der Waals surface area contributed by atoms with Crippen LogP contribution in [-0.4, -0.2) is 35.4 Å². The van der Waals surface area contributed by atoms with Crippen molar-refractivity contribution in [2.24, 2.45) is 0 Å². The second-order valence-electron chi connectivity index (χ2n) is 4.81. The molecule has 0 fully saturated rings. The van der Waals surface area contributed by atoms with Crippen molar-refractivity contribution in [3.63, 3.8) is 0 Å². The summed E-state index contributed by atoms with van der Waals surface area (Å²) in [5, 5.41) is 5.28. The number of nitrogens with zero attached hydrogens (tertiary/aromatic N) is 2. The first kappa shape index (κ1) is 15.3. The molecule has 1 rings (SSSR count). The maximum Gasteiger partial charge on any atom is 0.417 e. The van der Waals surface area contributed by atoms with E-state index in [1.54, 1.807) is 5.32 Å². The Bertz CT molecular complexity index is 437. The van der Waals surface area contributed by atoms with Crippen LogP contribution in [0.5, 0.6) is 6.08 Å². The minimum absolute atomic E-state index is 0.257. The quantitative estimate of drug-likeness (QED) is 0.903. The lowest BCUT2D eigenvalue weighted by Gasteiger charge is -2.10. The number of halogens is 3. The summed E-state index contributed by atoms with van der Waals surface area (Å²) < 4.78 is 44.9. The van der Waals surface area contributed by atoms with Crippen LogP contribution >= 0.6 is 0 Å². The molecule has 1 aromatic heterocycles. The molecule has 19 heavy (non-hydrogen) atoms. The highest BCUT2D eigenvalue weighted by molar-refractivity contribution is 5.77. The van der Waals surface area contributed by atoms with Crippen molar-refractivity contribution < 1.29 is 27.2 Å². The SMILES string of the molecule is CC(C)(C)c1noc(OCC(=O)NCC(F)(F)F)n1. The van der Waals surface area contributed by atoms with Crippen LogP contribution in [-0.2, 0) is 10.2 Å². The first-order valence-corrected chi connectivity index (χ1v) is 5.38. The topological polar surface area (TPSA) is 77.2 Å². The summed E-state index contributed by atoms with van der Waals surface area (Å²) in [5.41, 5.74) is -0.357. The van der Waals surface area contributed by atoms with E-state index in [-0.39, 0.29) is 11.5 Å². The summed E-state index contributed by atoms with van der Waals surface area (Å²) >= 11 is 0. The second kappa shape index (κ2) is 5.45. The molecule has 6 nitrogen and oxygen atoms in total. The highest BCUT2D eigenvalue weighted by Gasteiger charge is 2.28. The third-order valence-electron chi connectivity index (χ3n) is 1.89. The van der Waals surface area contributed by atoms with Gasteiger partial charge in [0.2, 0.25) is 0 Å². The van der Waals surface area contributed by atoms with Crippen molar-refractivity contribution in [2.45, 2.75) is 32.4 Å². The molecule has 1 aromatic rings. The summed E-state index contributed by atoms with van der Waals surface area (Å²) in [7, 11) is 0. The summed E-state index contributed by atoms with van der Waals surface area (Å²) in [6.07, 6.45) is -4.72. The van der Waals surface area contributed by atoms with Crippen molar-refractivity contribution in [1.82, 2.24) is 15.5 Å². The average molecular weight is 281 g/mol. The van der Waals surface area contributed by atoms with Crippen molar-refractivity contribution in [3.8, 4) is 6.08 Å². The van der Waals surface area contributed by atoms with Gasteiger partial charge in [0.25, 0.3) is 5.91 Å². The molecule has 0 atom stereocenters. The standard InChI is InChI=1S/C10H14F3N3O3/c1-9(2,3)7-15-8(19-16-7)18-4-6(17)14-5-10(11,12)13/h4-5H2,1-3H3,(H,14,17). The molecule has 0 aromatic carbocycles. The van der Waals surface area contributed by atoms with Crippen molar-refractivity contribution >= 4 is 5.91 Å². The van der Waals surface area contributed by atoms with Crippen LogP contribution in [0, 0.1) is 0 Å². The molecule has 0 saturated carbocycles. The number of aromatic nitrogens is 2.